The number of pyridine rings is 1. The van der Waals surface area contributed by atoms with Crippen LogP contribution in [0.4, 0.5) is 24.5 Å². The lowest BCUT2D eigenvalue weighted by Gasteiger charge is -2.15. The molecule has 1 aromatic carbocycles. The van der Waals surface area contributed by atoms with Gasteiger partial charge in [-0.1, -0.05) is 0 Å². The Morgan fingerprint density at radius 1 is 0.889 bits per heavy atom. The molecule has 142 valence electrons. The molecule has 0 aliphatic rings. The van der Waals surface area contributed by atoms with E-state index in [1.54, 1.807) is 0 Å². The van der Waals surface area contributed by atoms with Crippen LogP contribution in [0.2, 0.25) is 0 Å². The van der Waals surface area contributed by atoms with Crippen molar-refractivity contribution in [2.75, 3.05) is 5.32 Å². The van der Waals surface area contributed by atoms with Crippen LogP contribution in [-0.4, -0.2) is 13.7 Å². The van der Waals surface area contributed by atoms with Crippen molar-refractivity contribution in [3.05, 3.63) is 67.1 Å². The zero-order valence-corrected chi connectivity index (χ0v) is 14.6. The van der Waals surface area contributed by atoms with Crippen LogP contribution < -0.4 is 22.1 Å². The average Bonchev–Trinajstić information content (AvgIpc) is 2.60. The molecule has 0 aliphatic heterocycles. The maximum Gasteiger partial charge on any atom is 0.416 e. The van der Waals surface area contributed by atoms with Gasteiger partial charge in [-0.15, -0.1) is 0 Å². The second-order valence-corrected chi connectivity index (χ2v) is 6.06. The molecule has 0 saturated carbocycles. The van der Waals surface area contributed by atoms with Gasteiger partial charge >= 0.3 is 11.9 Å². The maximum absolute atomic E-state index is 12.7. The van der Waals surface area contributed by atoms with Gasteiger partial charge in [0.25, 0.3) is 11.1 Å². The van der Waals surface area contributed by atoms with Gasteiger partial charge in [0, 0.05) is 32.9 Å². The van der Waals surface area contributed by atoms with Gasteiger partial charge in [-0.25, -0.2) is 4.79 Å². The second kappa shape index (κ2) is 6.15. The molecule has 7 nitrogen and oxygen atoms in total. The van der Waals surface area contributed by atoms with E-state index >= 15 is 0 Å². The molecule has 0 atom stereocenters. The Morgan fingerprint density at radius 2 is 1.48 bits per heavy atom. The Labute approximate surface area is 149 Å². The lowest BCUT2D eigenvalue weighted by Crippen LogP contribution is -2.39. The number of hydrogen-bond donors (Lipinski definition) is 1. The number of nitrogens with one attached hydrogen (secondary N) is 1. The van der Waals surface area contributed by atoms with Crippen LogP contribution in [-0.2, 0) is 27.3 Å². The van der Waals surface area contributed by atoms with Gasteiger partial charge < -0.3 is 5.32 Å². The number of fused-ring (bicyclic) bond motifs is 1. The predicted octanol–water partition coefficient (Wildman–Crippen LogP) is 1.70. The third-order valence-corrected chi connectivity index (χ3v) is 4.31. The molecule has 3 rings (SSSR count). The van der Waals surface area contributed by atoms with Crippen molar-refractivity contribution in [3.8, 4) is 0 Å². The highest BCUT2D eigenvalue weighted by atomic mass is 19.4. The van der Waals surface area contributed by atoms with Crippen LogP contribution in [0.15, 0.2) is 44.7 Å². The normalized spacial score (nSPS) is 11.8. The number of benzene rings is 1. The van der Waals surface area contributed by atoms with Crippen LogP contribution in [0, 0.1) is 0 Å². The summed E-state index contributed by atoms with van der Waals surface area (Å²) in [5.41, 5.74) is -2.07. The molecule has 2 aromatic heterocycles. The fraction of sp³-hybridized carbons (Fsp3) is 0.235. The van der Waals surface area contributed by atoms with E-state index < -0.39 is 28.5 Å². The smallest absolute Gasteiger partial charge is 0.355 e. The summed E-state index contributed by atoms with van der Waals surface area (Å²) in [7, 11) is 4.15. The Kier molecular flexibility index (Phi) is 4.21. The number of hydrogen-bond acceptors (Lipinski definition) is 4. The molecule has 0 aliphatic carbocycles. The topological polar surface area (TPSA) is 78.0 Å². The molecule has 0 amide bonds. The number of alkyl halides is 3. The minimum Gasteiger partial charge on any atom is -0.355 e. The molecule has 2 heterocycles. The predicted molar refractivity (Wildman–Crippen MR) is 94.4 cm³/mol. The van der Waals surface area contributed by atoms with Gasteiger partial charge in [0.05, 0.1) is 11.3 Å². The van der Waals surface area contributed by atoms with E-state index in [0.717, 1.165) is 31.9 Å². The highest BCUT2D eigenvalue weighted by molar-refractivity contribution is 5.90. The molecule has 0 saturated heterocycles. The molecule has 3 aromatic rings. The number of nitrogens with zero attached hydrogens (tertiary/aromatic N) is 3. The molecular formula is C17H15F3N4O3. The molecule has 10 heteroatoms. The fourth-order valence-corrected chi connectivity index (χ4v) is 2.86. The lowest BCUT2D eigenvalue weighted by atomic mass is 10.2. The quantitative estimate of drug-likeness (QED) is 0.734. The van der Waals surface area contributed by atoms with Gasteiger partial charge in [-0.3, -0.25) is 23.3 Å². The summed E-state index contributed by atoms with van der Waals surface area (Å²) in [5, 5.41) is 2.87. The van der Waals surface area contributed by atoms with Crippen LogP contribution in [0.25, 0.3) is 11.0 Å². The summed E-state index contributed by atoms with van der Waals surface area (Å²) in [6.07, 6.45) is -4.47. The minimum absolute atomic E-state index is 0.0709. The van der Waals surface area contributed by atoms with Crippen molar-refractivity contribution in [3.63, 3.8) is 0 Å². The van der Waals surface area contributed by atoms with E-state index in [4.69, 9.17) is 0 Å². The first kappa shape index (κ1) is 18.5. The average molecular weight is 380 g/mol. The molecule has 0 bridgehead atoms. The van der Waals surface area contributed by atoms with Gasteiger partial charge in [0.2, 0.25) is 0 Å². The molecule has 27 heavy (non-hydrogen) atoms. The fourth-order valence-electron chi connectivity index (χ4n) is 2.86. The third kappa shape index (κ3) is 3.03. The van der Waals surface area contributed by atoms with Gasteiger partial charge in [0.1, 0.15) is 11.0 Å². The monoisotopic (exact) mass is 380 g/mol. The van der Waals surface area contributed by atoms with Crippen molar-refractivity contribution in [2.24, 2.45) is 21.1 Å². The number of aryl methyl sites for hydroxylation is 2. The van der Waals surface area contributed by atoms with Crippen molar-refractivity contribution in [1.82, 2.24) is 13.7 Å². The van der Waals surface area contributed by atoms with Crippen molar-refractivity contribution in [2.45, 2.75) is 6.18 Å². The minimum atomic E-state index is -4.47. The summed E-state index contributed by atoms with van der Waals surface area (Å²) in [5.74, 6) is 0. The zero-order valence-electron chi connectivity index (χ0n) is 14.6. The number of halogens is 3. The first-order valence-electron chi connectivity index (χ1n) is 7.76. The molecule has 0 fully saturated rings. The van der Waals surface area contributed by atoms with Crippen LogP contribution in [0.5, 0.6) is 0 Å². The summed E-state index contributed by atoms with van der Waals surface area (Å²) < 4.78 is 41.3. The summed E-state index contributed by atoms with van der Waals surface area (Å²) in [4.78, 5) is 37.0. The van der Waals surface area contributed by atoms with E-state index in [2.05, 4.69) is 5.32 Å². The van der Waals surface area contributed by atoms with E-state index in [0.29, 0.717) is 0 Å². The standard InChI is InChI=1S/C17H15F3N4O3/c1-22-12(25)8-11(13-14(22)23(2)16(27)24(3)15(13)26)21-10-6-4-9(5-7-10)17(18,19)20/h4-8,21H,1-3H3. The highest BCUT2D eigenvalue weighted by Gasteiger charge is 2.30. The maximum atomic E-state index is 12.7. The summed E-state index contributed by atoms with van der Waals surface area (Å²) >= 11 is 0. The first-order valence-corrected chi connectivity index (χ1v) is 7.76. The summed E-state index contributed by atoms with van der Waals surface area (Å²) in [6.45, 7) is 0. The Bertz CT molecular complexity index is 1220. The van der Waals surface area contributed by atoms with Gasteiger partial charge in [0.15, 0.2) is 0 Å². The number of anilines is 2. The van der Waals surface area contributed by atoms with Crippen molar-refractivity contribution >= 4 is 22.4 Å². The van der Waals surface area contributed by atoms with E-state index in [-0.39, 0.29) is 22.4 Å². The van der Waals surface area contributed by atoms with Crippen LogP contribution in [0.1, 0.15) is 5.56 Å². The molecule has 0 unspecified atom stereocenters. The number of rotatable bonds is 2. The van der Waals surface area contributed by atoms with Crippen molar-refractivity contribution in [1.29, 1.82) is 0 Å². The SMILES string of the molecule is Cn1c(=O)c2c(Nc3ccc(C(F)(F)F)cc3)cc(=O)n(C)c2n(C)c1=O. The summed E-state index contributed by atoms with van der Waals surface area (Å²) in [6, 6.07) is 5.32. The Balaban J connectivity index is 2.24. The highest BCUT2D eigenvalue weighted by Crippen LogP contribution is 2.30. The first-order chi connectivity index (χ1) is 12.5. The van der Waals surface area contributed by atoms with E-state index in [1.165, 1.54) is 33.3 Å². The van der Waals surface area contributed by atoms with Crippen LogP contribution >= 0.6 is 0 Å². The molecule has 1 N–H and O–H groups in total. The van der Waals surface area contributed by atoms with E-state index in [9.17, 15) is 27.6 Å². The number of aromatic nitrogens is 3. The lowest BCUT2D eigenvalue weighted by molar-refractivity contribution is -0.137. The van der Waals surface area contributed by atoms with E-state index in [1.807, 2.05) is 0 Å². The third-order valence-electron chi connectivity index (χ3n) is 4.31. The molecule has 0 radical (unpaired) electrons. The largest absolute Gasteiger partial charge is 0.416 e. The Hall–Kier alpha value is -3.30. The molecular weight excluding hydrogens is 365 g/mol. The zero-order chi connectivity index (χ0) is 20.1. The molecule has 0 spiro atoms. The van der Waals surface area contributed by atoms with Crippen molar-refractivity contribution < 1.29 is 13.2 Å². The Morgan fingerprint density at radius 3 is 2.04 bits per heavy atom. The van der Waals surface area contributed by atoms with Gasteiger partial charge in [-0.05, 0) is 24.3 Å². The van der Waals surface area contributed by atoms with Crippen LogP contribution in [0.3, 0.4) is 0 Å². The second-order valence-electron chi connectivity index (χ2n) is 6.06. The van der Waals surface area contributed by atoms with Gasteiger partial charge in [-0.2, -0.15) is 13.2 Å².